The molecule has 16 heavy (non-hydrogen) atoms. The molecule has 86 valence electrons. The summed E-state index contributed by atoms with van der Waals surface area (Å²) in [5, 5.41) is 3.25. The summed E-state index contributed by atoms with van der Waals surface area (Å²) in [6, 6.07) is 10.2. The summed E-state index contributed by atoms with van der Waals surface area (Å²) >= 11 is 0. The van der Waals surface area contributed by atoms with Gasteiger partial charge in [-0.2, -0.15) is 0 Å². The zero-order valence-electron chi connectivity index (χ0n) is 9.48. The van der Waals surface area contributed by atoms with Crippen LogP contribution < -0.4 is 5.32 Å². The monoisotopic (exact) mass is 218 g/mol. The Morgan fingerprint density at radius 2 is 1.88 bits per heavy atom. The number of rotatable bonds is 3. The van der Waals surface area contributed by atoms with E-state index < -0.39 is 0 Å². The number of nitrogens with zero attached hydrogens (tertiary/aromatic N) is 1. The highest BCUT2D eigenvalue weighted by molar-refractivity contribution is 5.76. The van der Waals surface area contributed by atoms with Crippen molar-refractivity contribution in [3.8, 4) is 0 Å². The van der Waals surface area contributed by atoms with Crippen LogP contribution in [0.2, 0.25) is 0 Å². The van der Waals surface area contributed by atoms with E-state index in [1.807, 2.05) is 23.1 Å². The second-order valence-electron chi connectivity index (χ2n) is 4.12. The number of amides is 1. The lowest BCUT2D eigenvalue weighted by Crippen LogP contribution is -2.46. The van der Waals surface area contributed by atoms with Gasteiger partial charge in [-0.05, 0) is 12.0 Å². The Kier molecular flexibility index (Phi) is 3.94. The van der Waals surface area contributed by atoms with Crippen molar-refractivity contribution in [3.63, 3.8) is 0 Å². The van der Waals surface area contributed by atoms with E-state index in [1.165, 1.54) is 5.56 Å². The molecule has 1 fully saturated rings. The molecule has 3 nitrogen and oxygen atoms in total. The molecule has 1 aromatic carbocycles. The molecule has 1 amide bonds. The zero-order chi connectivity index (χ0) is 11.2. The normalized spacial score (nSPS) is 16.1. The molecule has 1 saturated heterocycles. The van der Waals surface area contributed by atoms with Gasteiger partial charge in [-0.3, -0.25) is 4.79 Å². The van der Waals surface area contributed by atoms with E-state index in [1.54, 1.807) is 0 Å². The van der Waals surface area contributed by atoms with E-state index in [0.29, 0.717) is 6.42 Å². The van der Waals surface area contributed by atoms with Crippen molar-refractivity contribution < 1.29 is 4.79 Å². The molecule has 1 N–H and O–H groups in total. The molecule has 1 aliphatic rings. The number of hydrogen-bond donors (Lipinski definition) is 1. The van der Waals surface area contributed by atoms with E-state index in [4.69, 9.17) is 0 Å². The Morgan fingerprint density at radius 3 is 2.56 bits per heavy atom. The minimum Gasteiger partial charge on any atom is -0.340 e. The largest absolute Gasteiger partial charge is 0.340 e. The number of benzene rings is 1. The summed E-state index contributed by atoms with van der Waals surface area (Å²) in [6.45, 7) is 3.56. The van der Waals surface area contributed by atoms with Gasteiger partial charge in [0.2, 0.25) is 5.91 Å². The number of carbonyl (C=O) groups excluding carboxylic acids is 1. The van der Waals surface area contributed by atoms with E-state index in [-0.39, 0.29) is 5.91 Å². The van der Waals surface area contributed by atoms with Gasteiger partial charge in [-0.1, -0.05) is 30.3 Å². The molecule has 1 aromatic rings. The van der Waals surface area contributed by atoms with Crippen LogP contribution in [0.3, 0.4) is 0 Å². The Hall–Kier alpha value is -1.35. The first-order valence-electron chi connectivity index (χ1n) is 5.89. The molecule has 0 radical (unpaired) electrons. The molecule has 0 aromatic heterocycles. The fraction of sp³-hybridized carbons (Fsp3) is 0.462. The maximum absolute atomic E-state index is 11.9. The van der Waals surface area contributed by atoms with Crippen LogP contribution in [-0.4, -0.2) is 37.0 Å². The molecular formula is C13H18N2O. The predicted octanol–water partition coefficient (Wildman–Crippen LogP) is 1.05. The first-order chi connectivity index (χ1) is 7.86. The Bertz CT molecular complexity index is 331. The van der Waals surface area contributed by atoms with Crippen molar-refractivity contribution >= 4 is 5.91 Å². The highest BCUT2D eigenvalue weighted by Crippen LogP contribution is 2.05. The van der Waals surface area contributed by atoms with Crippen molar-refractivity contribution in [3.05, 3.63) is 35.9 Å². The van der Waals surface area contributed by atoms with Gasteiger partial charge >= 0.3 is 0 Å². The second kappa shape index (κ2) is 5.66. The van der Waals surface area contributed by atoms with Crippen LogP contribution in [0.15, 0.2) is 30.3 Å². The van der Waals surface area contributed by atoms with Gasteiger partial charge in [0.05, 0.1) is 0 Å². The van der Waals surface area contributed by atoms with Gasteiger partial charge < -0.3 is 10.2 Å². The third-order valence-electron chi connectivity index (χ3n) is 2.94. The fourth-order valence-corrected chi connectivity index (χ4v) is 1.97. The van der Waals surface area contributed by atoms with Crippen LogP contribution in [0.1, 0.15) is 12.0 Å². The minimum absolute atomic E-state index is 0.283. The number of nitrogens with one attached hydrogen (secondary N) is 1. The van der Waals surface area contributed by atoms with E-state index in [0.717, 1.165) is 32.6 Å². The summed E-state index contributed by atoms with van der Waals surface area (Å²) in [4.78, 5) is 13.8. The van der Waals surface area contributed by atoms with Crippen molar-refractivity contribution in [2.24, 2.45) is 0 Å². The van der Waals surface area contributed by atoms with Crippen LogP contribution in [0, 0.1) is 0 Å². The number of aryl methyl sites for hydroxylation is 1. The summed E-state index contributed by atoms with van der Waals surface area (Å²) in [6.07, 6.45) is 1.48. The lowest BCUT2D eigenvalue weighted by molar-refractivity contribution is -0.131. The topological polar surface area (TPSA) is 32.3 Å². The summed E-state index contributed by atoms with van der Waals surface area (Å²) in [5.74, 6) is 0.283. The third kappa shape index (κ3) is 3.07. The summed E-state index contributed by atoms with van der Waals surface area (Å²) in [7, 11) is 0. The van der Waals surface area contributed by atoms with E-state index >= 15 is 0 Å². The molecule has 0 bridgehead atoms. The number of carbonyl (C=O) groups is 1. The molecule has 0 saturated carbocycles. The first-order valence-corrected chi connectivity index (χ1v) is 5.89. The van der Waals surface area contributed by atoms with Crippen molar-refractivity contribution in [2.45, 2.75) is 12.8 Å². The maximum Gasteiger partial charge on any atom is 0.222 e. The Labute approximate surface area is 96.5 Å². The smallest absolute Gasteiger partial charge is 0.222 e. The summed E-state index contributed by atoms with van der Waals surface area (Å²) < 4.78 is 0. The van der Waals surface area contributed by atoms with Crippen LogP contribution in [0.5, 0.6) is 0 Å². The SMILES string of the molecule is O=C(CCc1ccccc1)N1CCNCC1. The Morgan fingerprint density at radius 1 is 1.19 bits per heavy atom. The van der Waals surface area contributed by atoms with Crippen LogP contribution in [-0.2, 0) is 11.2 Å². The predicted molar refractivity (Wildman–Crippen MR) is 64.2 cm³/mol. The molecule has 1 heterocycles. The fourth-order valence-electron chi connectivity index (χ4n) is 1.97. The maximum atomic E-state index is 11.9. The van der Waals surface area contributed by atoms with Crippen LogP contribution in [0.25, 0.3) is 0 Å². The number of hydrogen-bond acceptors (Lipinski definition) is 2. The highest BCUT2D eigenvalue weighted by atomic mass is 16.2. The van der Waals surface area contributed by atoms with E-state index in [2.05, 4.69) is 17.4 Å². The van der Waals surface area contributed by atoms with E-state index in [9.17, 15) is 4.79 Å². The minimum atomic E-state index is 0.283. The highest BCUT2D eigenvalue weighted by Gasteiger charge is 2.15. The average molecular weight is 218 g/mol. The van der Waals surface area contributed by atoms with Gasteiger partial charge in [0.25, 0.3) is 0 Å². The van der Waals surface area contributed by atoms with Crippen LogP contribution in [0.4, 0.5) is 0 Å². The van der Waals surface area contributed by atoms with Gasteiger partial charge in [-0.15, -0.1) is 0 Å². The zero-order valence-corrected chi connectivity index (χ0v) is 9.48. The van der Waals surface area contributed by atoms with Gasteiger partial charge in [0.15, 0.2) is 0 Å². The Balaban J connectivity index is 1.79. The molecule has 0 atom stereocenters. The molecule has 1 aliphatic heterocycles. The van der Waals surface area contributed by atoms with Gasteiger partial charge in [0.1, 0.15) is 0 Å². The second-order valence-corrected chi connectivity index (χ2v) is 4.12. The quantitative estimate of drug-likeness (QED) is 0.822. The lowest BCUT2D eigenvalue weighted by Gasteiger charge is -2.27. The standard InChI is InChI=1S/C13H18N2O/c16-13(15-10-8-14-9-11-15)7-6-12-4-2-1-3-5-12/h1-5,14H,6-11H2. The third-order valence-corrected chi connectivity index (χ3v) is 2.94. The molecule has 0 unspecified atom stereocenters. The molecule has 2 rings (SSSR count). The molecule has 0 aliphatic carbocycles. The average Bonchev–Trinajstić information content (AvgIpc) is 2.38. The van der Waals surface area contributed by atoms with Crippen LogP contribution >= 0.6 is 0 Å². The molecule has 0 spiro atoms. The van der Waals surface area contributed by atoms with Crippen molar-refractivity contribution in [1.29, 1.82) is 0 Å². The van der Waals surface area contributed by atoms with Crippen molar-refractivity contribution in [1.82, 2.24) is 10.2 Å². The van der Waals surface area contributed by atoms with Gasteiger partial charge in [0, 0.05) is 32.6 Å². The molecule has 3 heteroatoms. The van der Waals surface area contributed by atoms with Gasteiger partial charge in [-0.25, -0.2) is 0 Å². The van der Waals surface area contributed by atoms with Crippen molar-refractivity contribution in [2.75, 3.05) is 26.2 Å². The number of piperazine rings is 1. The first kappa shape index (κ1) is 11.1. The molecular weight excluding hydrogens is 200 g/mol. The lowest BCUT2D eigenvalue weighted by atomic mass is 10.1. The summed E-state index contributed by atoms with van der Waals surface area (Å²) in [5.41, 5.74) is 1.24.